The summed E-state index contributed by atoms with van der Waals surface area (Å²) >= 11 is 0. The summed E-state index contributed by atoms with van der Waals surface area (Å²) in [6.07, 6.45) is 0. The van der Waals surface area contributed by atoms with E-state index in [0.717, 1.165) is 28.2 Å². The molecule has 0 saturated heterocycles. The van der Waals surface area contributed by atoms with Crippen LogP contribution in [-0.2, 0) is 14.8 Å². The fourth-order valence-electron chi connectivity index (χ4n) is 3.89. The first-order chi connectivity index (χ1) is 17.0. The minimum atomic E-state index is -1.92. The van der Waals surface area contributed by atoms with Gasteiger partial charge in [-0.25, -0.2) is 0 Å². The van der Waals surface area contributed by atoms with Crippen LogP contribution in [0.4, 0.5) is 0 Å². The Bertz CT molecular complexity index is 1030. The second-order valence-electron chi connectivity index (χ2n) is 10.6. The Morgan fingerprint density at radius 3 is 1.56 bits per heavy atom. The molecule has 0 amide bonds. The predicted octanol–water partition coefficient (Wildman–Crippen LogP) is 6.36. The van der Waals surface area contributed by atoms with Gasteiger partial charge < -0.3 is 24.4 Å². The molecule has 0 unspecified atom stereocenters. The molecule has 1 atom stereocenters. The van der Waals surface area contributed by atoms with E-state index in [-0.39, 0.29) is 11.1 Å². The van der Waals surface area contributed by atoms with Crippen LogP contribution in [0.5, 0.6) is 11.5 Å². The third-order valence-electron chi connectivity index (χ3n) is 7.15. The second-order valence-corrected chi connectivity index (χ2v) is 15.5. The third kappa shape index (κ3) is 6.18. The van der Waals surface area contributed by atoms with Gasteiger partial charge in [-0.15, -0.1) is 0 Å². The zero-order chi connectivity index (χ0) is 26.4. The predicted molar refractivity (Wildman–Crippen MR) is 149 cm³/mol. The fourth-order valence-corrected chi connectivity index (χ4v) is 4.95. The Hall–Kier alpha value is -2.64. The van der Waals surface area contributed by atoms with E-state index in [2.05, 4.69) is 46.0 Å². The molecule has 0 fully saturated rings. The van der Waals surface area contributed by atoms with Crippen molar-refractivity contribution in [2.45, 2.75) is 50.5 Å². The Morgan fingerprint density at radius 1 is 0.694 bits per heavy atom. The van der Waals surface area contributed by atoms with Gasteiger partial charge in [0.1, 0.15) is 17.1 Å². The van der Waals surface area contributed by atoms with Gasteiger partial charge in [-0.1, -0.05) is 75.4 Å². The van der Waals surface area contributed by atoms with Crippen molar-refractivity contribution in [2.75, 3.05) is 27.4 Å². The molecule has 0 bridgehead atoms. The molecule has 2 N–H and O–H groups in total. The van der Waals surface area contributed by atoms with Crippen molar-refractivity contribution >= 4 is 8.32 Å². The van der Waals surface area contributed by atoms with E-state index in [1.165, 1.54) is 0 Å². The highest BCUT2D eigenvalue weighted by molar-refractivity contribution is 6.74. The molecule has 5 nitrogen and oxygen atoms in total. The van der Waals surface area contributed by atoms with E-state index in [1.54, 1.807) is 14.2 Å². The van der Waals surface area contributed by atoms with Crippen molar-refractivity contribution < 1.29 is 18.6 Å². The molecule has 0 aromatic heterocycles. The van der Waals surface area contributed by atoms with E-state index in [0.29, 0.717) is 13.2 Å². The lowest BCUT2D eigenvalue weighted by molar-refractivity contribution is -0.00124. The highest BCUT2D eigenvalue weighted by Crippen LogP contribution is 2.42. The first-order valence-electron chi connectivity index (χ1n) is 12.4. The molecule has 0 aliphatic heterocycles. The van der Waals surface area contributed by atoms with E-state index in [4.69, 9.17) is 24.4 Å². The summed E-state index contributed by atoms with van der Waals surface area (Å²) in [6.45, 7) is 11.9. The van der Waals surface area contributed by atoms with Crippen molar-refractivity contribution in [1.29, 1.82) is 0 Å². The first kappa shape index (κ1) is 27.9. The molecule has 0 aliphatic rings. The number of hydrogen-bond acceptors (Lipinski definition) is 5. The average molecular weight is 508 g/mol. The molecule has 0 radical (unpaired) electrons. The van der Waals surface area contributed by atoms with Crippen molar-refractivity contribution in [1.82, 2.24) is 0 Å². The van der Waals surface area contributed by atoms with Gasteiger partial charge in [0.15, 0.2) is 8.32 Å². The number of ether oxygens (including phenoxy) is 3. The number of hydrogen-bond donors (Lipinski definition) is 1. The average Bonchev–Trinajstić information content (AvgIpc) is 2.88. The number of nitrogens with two attached hydrogens (primary N) is 1. The Labute approximate surface area is 217 Å². The quantitative estimate of drug-likeness (QED) is 0.242. The molecular weight excluding hydrogens is 466 g/mol. The smallest absolute Gasteiger partial charge is 0.192 e. The van der Waals surface area contributed by atoms with Crippen molar-refractivity contribution in [3.63, 3.8) is 0 Å². The topological polar surface area (TPSA) is 62.9 Å². The van der Waals surface area contributed by atoms with Crippen LogP contribution in [0.25, 0.3) is 0 Å². The lowest BCUT2D eigenvalue weighted by atomic mass is 9.80. The molecule has 0 spiro atoms. The van der Waals surface area contributed by atoms with E-state index < -0.39 is 13.9 Å². The van der Waals surface area contributed by atoms with Crippen LogP contribution in [0, 0.1) is 0 Å². The summed E-state index contributed by atoms with van der Waals surface area (Å²) in [4.78, 5) is 0. The number of benzene rings is 3. The molecule has 3 aromatic rings. The van der Waals surface area contributed by atoms with Crippen LogP contribution in [0.15, 0.2) is 78.9 Å². The summed E-state index contributed by atoms with van der Waals surface area (Å²) in [5.41, 5.74) is 8.69. The summed E-state index contributed by atoms with van der Waals surface area (Å²) in [7, 11) is 1.42. The minimum absolute atomic E-state index is 0.119. The van der Waals surface area contributed by atoms with Gasteiger partial charge in [0.25, 0.3) is 0 Å². The standard InChI is InChI=1S/C30H41NO4Si/c1-29(2,3)36(6,7)35-22-26(31)21-34-30(23-11-9-8-10-12-23,24-13-17-27(32-4)18-14-24)25-15-19-28(33-5)20-16-25/h8-20,26H,21-22,31H2,1-7H3/t26-/m0/s1. The van der Waals surface area contributed by atoms with Gasteiger partial charge in [0, 0.05) is 0 Å². The van der Waals surface area contributed by atoms with Gasteiger partial charge in [-0.2, -0.15) is 0 Å². The monoisotopic (exact) mass is 507 g/mol. The molecule has 3 rings (SSSR count). The summed E-state index contributed by atoms with van der Waals surface area (Å²) in [5, 5.41) is 0.119. The zero-order valence-corrected chi connectivity index (χ0v) is 23.7. The van der Waals surface area contributed by atoms with Crippen LogP contribution in [0.1, 0.15) is 37.5 Å². The zero-order valence-electron chi connectivity index (χ0n) is 22.7. The van der Waals surface area contributed by atoms with Crippen LogP contribution < -0.4 is 15.2 Å². The van der Waals surface area contributed by atoms with Crippen molar-refractivity contribution in [3.05, 3.63) is 95.6 Å². The van der Waals surface area contributed by atoms with E-state index in [1.807, 2.05) is 66.7 Å². The molecule has 0 saturated carbocycles. The molecule has 3 aromatic carbocycles. The van der Waals surface area contributed by atoms with Gasteiger partial charge in [-0.05, 0) is 59.1 Å². The largest absolute Gasteiger partial charge is 0.497 e. The molecule has 36 heavy (non-hydrogen) atoms. The Morgan fingerprint density at radius 2 is 1.14 bits per heavy atom. The highest BCUT2D eigenvalue weighted by Gasteiger charge is 2.40. The maximum absolute atomic E-state index is 6.88. The molecule has 194 valence electrons. The molecule has 0 heterocycles. The lowest BCUT2D eigenvalue weighted by Gasteiger charge is -2.38. The van der Waals surface area contributed by atoms with Crippen LogP contribution in [0.3, 0.4) is 0 Å². The van der Waals surface area contributed by atoms with Crippen molar-refractivity contribution in [2.24, 2.45) is 5.73 Å². The maximum atomic E-state index is 6.88. The van der Waals surface area contributed by atoms with Gasteiger partial charge in [-0.3, -0.25) is 0 Å². The number of methoxy groups -OCH3 is 2. The van der Waals surface area contributed by atoms with E-state index >= 15 is 0 Å². The Kier molecular flexibility index (Phi) is 9.01. The highest BCUT2D eigenvalue weighted by atomic mass is 28.4. The maximum Gasteiger partial charge on any atom is 0.192 e. The normalized spacial score (nSPS) is 13.3. The van der Waals surface area contributed by atoms with E-state index in [9.17, 15) is 0 Å². The third-order valence-corrected chi connectivity index (χ3v) is 11.7. The molecular formula is C30H41NO4Si. The summed E-state index contributed by atoms with van der Waals surface area (Å²) in [6, 6.07) is 26.0. The summed E-state index contributed by atoms with van der Waals surface area (Å²) < 4.78 is 24.1. The van der Waals surface area contributed by atoms with Gasteiger partial charge in [0.05, 0.1) is 33.5 Å². The van der Waals surface area contributed by atoms with Crippen LogP contribution in [0.2, 0.25) is 18.1 Å². The molecule has 6 heteroatoms. The van der Waals surface area contributed by atoms with Gasteiger partial charge >= 0.3 is 0 Å². The van der Waals surface area contributed by atoms with Gasteiger partial charge in [0.2, 0.25) is 0 Å². The van der Waals surface area contributed by atoms with Crippen LogP contribution in [-0.4, -0.2) is 41.8 Å². The number of rotatable bonds is 11. The minimum Gasteiger partial charge on any atom is -0.497 e. The SMILES string of the molecule is COc1ccc(C(OC[C@H](N)CO[Si](C)(C)C(C)(C)C)(c2ccccc2)c2ccc(OC)cc2)cc1. The lowest BCUT2D eigenvalue weighted by Crippen LogP contribution is -2.46. The molecule has 0 aliphatic carbocycles. The van der Waals surface area contributed by atoms with Crippen molar-refractivity contribution in [3.8, 4) is 11.5 Å². The van der Waals surface area contributed by atoms with Crippen LogP contribution >= 0.6 is 0 Å². The fraction of sp³-hybridized carbons (Fsp3) is 0.400. The Balaban J connectivity index is 2.02. The summed E-state index contributed by atoms with van der Waals surface area (Å²) in [5.74, 6) is 1.57. The first-order valence-corrected chi connectivity index (χ1v) is 15.3. The second kappa shape index (κ2) is 11.6.